The van der Waals surface area contributed by atoms with Crippen molar-refractivity contribution in [2.24, 2.45) is 0 Å². The molecule has 3 heterocycles. The second-order valence-corrected chi connectivity index (χ2v) is 33.9. The Hall–Kier alpha value is -6.60. The van der Waals surface area contributed by atoms with Crippen molar-refractivity contribution < 1.29 is 18.9 Å². The van der Waals surface area contributed by atoms with Gasteiger partial charge in [0.2, 0.25) is 0 Å². The minimum Gasteiger partial charge on any atom is -0.376 e. The third-order valence-corrected chi connectivity index (χ3v) is 17.7. The Morgan fingerprint density at radius 3 is 0.969 bits per heavy atom. The predicted octanol–water partition coefficient (Wildman–Crippen LogP) is 22.2. The number of unbranched alkanes of at least 4 members (excludes halogenated alkanes) is 1. The Kier molecular flexibility index (Phi) is 28.3. The zero-order chi connectivity index (χ0) is 68.3. The maximum Gasteiger partial charge on any atom is 1.00 e. The summed E-state index contributed by atoms with van der Waals surface area (Å²) in [6.07, 6.45) is 7.14. The third kappa shape index (κ3) is 19.3. The normalized spacial score (nSPS) is 12.9. The molecule has 1 saturated heterocycles. The van der Waals surface area contributed by atoms with Crippen LogP contribution in [0.4, 0.5) is 11.4 Å². The zero-order valence-corrected chi connectivity index (χ0v) is 62.5. The van der Waals surface area contributed by atoms with Crippen LogP contribution in [0.3, 0.4) is 0 Å². The molecule has 3 aliphatic heterocycles. The number of hydrogen-bond acceptors (Lipinski definition) is 2. The Labute approximate surface area is 627 Å². The molecule has 12 aromatic rings. The van der Waals surface area contributed by atoms with E-state index in [9.17, 15) is 0 Å². The molecule has 0 unspecified atom stereocenters. The number of halogens is 6. The van der Waals surface area contributed by atoms with Crippen molar-refractivity contribution in [2.45, 2.75) is 84.2 Å². The minimum absolute atomic E-state index is 0. The van der Waals surface area contributed by atoms with Gasteiger partial charge in [-0.25, -0.2) is 30.1 Å². The molecule has 98 heavy (non-hydrogen) atoms. The van der Waals surface area contributed by atoms with Gasteiger partial charge in [0.25, 0.3) is 0 Å². The fraction of sp³-hybridized carbons (Fsp3) is 0.151. The van der Waals surface area contributed by atoms with Gasteiger partial charge in [0, 0.05) is 33.6 Å². The fourth-order valence-corrected chi connectivity index (χ4v) is 13.8. The van der Waals surface area contributed by atoms with Crippen molar-refractivity contribution in [2.75, 3.05) is 4.81 Å². The molecule has 15 rings (SSSR count). The van der Waals surface area contributed by atoms with Gasteiger partial charge in [-0.2, -0.15) is 40.8 Å². The van der Waals surface area contributed by atoms with Crippen molar-refractivity contribution in [1.82, 2.24) is 5.32 Å². The summed E-state index contributed by atoms with van der Waals surface area (Å²) in [5, 5.41) is 3.63. The molecular weight excluding hydrogens is 1330 g/mol. The molecule has 0 aliphatic carbocycles. The van der Waals surface area contributed by atoms with Crippen LogP contribution in [0.5, 0.6) is 0 Å². The van der Waals surface area contributed by atoms with E-state index in [0.29, 0.717) is 11.1 Å². The Morgan fingerprint density at radius 1 is 0.388 bits per heavy atom. The average Bonchev–Trinajstić information content (AvgIpc) is 0.699. The second kappa shape index (κ2) is 36.7. The summed E-state index contributed by atoms with van der Waals surface area (Å²) in [6.45, 7) is 14.9. The largest absolute Gasteiger partial charge is 1.00 e. The van der Waals surface area contributed by atoms with Crippen LogP contribution in [-0.2, 0) is 6.42 Å². The van der Waals surface area contributed by atoms with Gasteiger partial charge in [-0.3, -0.25) is 0 Å². The molecule has 0 saturated carbocycles. The molecule has 3 aliphatic rings. The molecule has 1 N–H and O–H groups in total. The van der Waals surface area contributed by atoms with Crippen LogP contribution < -0.4 is 39.9 Å². The van der Waals surface area contributed by atoms with E-state index in [-0.39, 0.29) is 25.7 Å². The number of hydrogen-bond donors (Lipinski definition) is 1. The van der Waals surface area contributed by atoms with Gasteiger partial charge in [0.15, 0.2) is 0 Å². The quantitative estimate of drug-likeness (QED) is 0.114. The first kappa shape index (κ1) is 75.6. The van der Waals surface area contributed by atoms with Crippen LogP contribution in [0.1, 0.15) is 77.8 Å². The first-order valence-electron chi connectivity index (χ1n) is 33.3. The van der Waals surface area contributed by atoms with Crippen LogP contribution in [0, 0.1) is 6.92 Å². The molecular formula is C86H80AlB2Cl6LiN2. The van der Waals surface area contributed by atoms with E-state index in [4.69, 9.17) is 64.5 Å². The fourth-order valence-electron chi connectivity index (χ4n) is 13.8. The summed E-state index contributed by atoms with van der Waals surface area (Å²) in [4.78, 5) is 1.82. The van der Waals surface area contributed by atoms with E-state index in [1.807, 2.05) is 0 Å². The predicted molar refractivity (Wildman–Crippen MR) is 431 cm³/mol. The molecule has 12 heteroatoms. The van der Waals surface area contributed by atoms with Gasteiger partial charge in [-0.15, -0.1) is 0 Å². The Balaban J connectivity index is 0.000000175. The number of fused-ring (bicyclic) bond motifs is 11. The van der Waals surface area contributed by atoms with Crippen LogP contribution in [-0.4, -0.2) is 34.3 Å². The topological polar surface area (TPSA) is 15.3 Å². The van der Waals surface area contributed by atoms with Gasteiger partial charge in [0.1, 0.15) is 0 Å². The van der Waals surface area contributed by atoms with Crippen molar-refractivity contribution >= 4 is 110 Å². The number of nitrogens with one attached hydrogen (secondary N) is 1. The van der Waals surface area contributed by atoms with Gasteiger partial charge in [0.05, 0.1) is 0 Å². The maximum atomic E-state index is 4.94. The van der Waals surface area contributed by atoms with E-state index < -0.39 is 16.3 Å². The van der Waals surface area contributed by atoms with Gasteiger partial charge >= 0.3 is 42.1 Å². The summed E-state index contributed by atoms with van der Waals surface area (Å²) >= 11 is 12.7. The molecule has 0 aromatic heterocycles. The molecule has 12 aromatic carbocycles. The average molecular weight is 1410 g/mol. The Bertz CT molecular complexity index is 4200. The SMILES string of the molecule is CC1(C)CCCC(C)(C)N1.ClB(Cl)Cl.[CH2-]CCC.[Cl][Al]([Cl])[Cl].[Li+].c1ccc(-c2cccc3c2-c2ccccc2N2B3c3cccc(-c4ccccc4)c3-c3ccccc32)cc1.c1ccc(-c2ccccc2-c2ccccc2Cc2ccccc2-c2ccccc2-c2ccccc2)cc1. The molecule has 1 fully saturated rings. The zero-order valence-electron chi connectivity index (χ0n) is 56.8. The summed E-state index contributed by atoms with van der Waals surface area (Å²) < 4.78 is 0. The van der Waals surface area contributed by atoms with Crippen LogP contribution >= 0.6 is 64.5 Å². The number of benzene rings is 12. The van der Waals surface area contributed by atoms with E-state index in [1.165, 1.54) is 148 Å². The smallest absolute Gasteiger partial charge is 0.376 e. The van der Waals surface area contributed by atoms with Crippen molar-refractivity contribution in [1.29, 1.82) is 0 Å². The summed E-state index contributed by atoms with van der Waals surface area (Å²) in [6, 6.07) is 110. The molecule has 0 atom stereocenters. The molecule has 0 bridgehead atoms. The van der Waals surface area contributed by atoms with E-state index >= 15 is 0 Å². The van der Waals surface area contributed by atoms with Crippen LogP contribution in [0.2, 0.25) is 0 Å². The van der Waals surface area contributed by atoms with Gasteiger partial charge in [-0.1, -0.05) is 305 Å². The van der Waals surface area contributed by atoms with Crippen molar-refractivity contribution in [3.8, 4) is 89.0 Å². The van der Waals surface area contributed by atoms with Crippen LogP contribution in [0.15, 0.2) is 303 Å². The monoisotopic (exact) mass is 1410 g/mol. The summed E-state index contributed by atoms with van der Waals surface area (Å²) in [5.74, 6) is 0. The molecule has 0 amide bonds. The van der Waals surface area contributed by atoms with Crippen LogP contribution in [0.25, 0.3) is 89.0 Å². The second-order valence-electron chi connectivity index (χ2n) is 25.5. The first-order valence-corrected chi connectivity index (χ1v) is 39.9. The summed E-state index contributed by atoms with van der Waals surface area (Å²) in [7, 11) is 14.8. The molecule has 0 radical (unpaired) electrons. The van der Waals surface area contributed by atoms with Gasteiger partial charge < -0.3 is 17.1 Å². The standard InChI is InChI=1S/C37H28.C36H24BN.C9H19N.C4H9.Al.BCl3.3ClH.Li/c1-3-15-28(16-4-1)32-21-11-13-25-36(32)34-23-9-7-19-30(34)27-31-20-8-10-24-35(31)37-26-14-12-22-33(37)29-17-5-2-6-18-29;1-3-13-25(14-4-1)27-19-11-21-31-35(27)29-17-7-9-23-33(29)38-34-24-10-8-18-30(34)36-28(26-15-5-2-6-16-26)20-12-22-32(36)37(31)38;1-8(2)6-5-7-9(3,4)10-8;1-3-4-2;;2-1(3)4;;;;/h1-26H,27H2;1-24H;10H,5-7H2,1-4H3;1,3-4H2,2H3;;;3*1H;/q;;;-1;+3;;;;;+1/p-3. The van der Waals surface area contributed by atoms with E-state index in [0.717, 1.165) is 12.8 Å². The van der Waals surface area contributed by atoms with E-state index in [2.05, 4.69) is 355 Å². The maximum absolute atomic E-state index is 4.94. The summed E-state index contributed by atoms with van der Waals surface area (Å²) in [5.41, 5.74) is 29.1. The number of nitrogens with zero attached hydrogens (tertiary/aromatic N) is 1. The van der Waals surface area contributed by atoms with Crippen molar-refractivity contribution in [3.05, 3.63) is 321 Å². The Morgan fingerprint density at radius 2 is 0.653 bits per heavy atom. The number of anilines is 2. The van der Waals surface area contributed by atoms with Gasteiger partial charge in [-0.05, 0) is 165 Å². The molecule has 486 valence electrons. The first-order chi connectivity index (χ1) is 47.1. The number of rotatable bonds is 9. The van der Waals surface area contributed by atoms with Crippen molar-refractivity contribution in [3.63, 3.8) is 0 Å². The minimum atomic E-state index is -1.72. The van der Waals surface area contributed by atoms with E-state index in [1.54, 1.807) is 0 Å². The number of para-hydroxylation sites is 2. The molecule has 0 spiro atoms. The number of piperidine rings is 1. The molecule has 2 nitrogen and oxygen atoms in total. The third-order valence-electron chi connectivity index (χ3n) is 17.7.